The van der Waals surface area contributed by atoms with Gasteiger partial charge in [0.25, 0.3) is 11.8 Å². The van der Waals surface area contributed by atoms with E-state index in [1.54, 1.807) is 6.08 Å². The summed E-state index contributed by atoms with van der Waals surface area (Å²) in [6.07, 6.45) is 4.33. The summed E-state index contributed by atoms with van der Waals surface area (Å²) in [6.45, 7) is 11.1. The van der Waals surface area contributed by atoms with Crippen LogP contribution in [0.4, 0.5) is 5.69 Å². The molecule has 2 aromatic rings. The number of rotatable bonds is 5. The molecule has 0 aliphatic carbocycles. The number of amides is 2. The monoisotopic (exact) mass is 380 g/mol. The van der Waals surface area contributed by atoms with E-state index in [9.17, 15) is 9.59 Å². The average Bonchev–Trinajstić information content (AvgIpc) is 3.06. The molecule has 0 fully saturated rings. The highest BCUT2D eigenvalue weighted by Gasteiger charge is 2.27. The third-order valence-corrected chi connectivity index (χ3v) is 4.95. The second-order valence-electron chi connectivity index (χ2n) is 8.12. The fourth-order valence-corrected chi connectivity index (χ4v) is 3.39. The summed E-state index contributed by atoms with van der Waals surface area (Å²) in [5, 5.41) is 5.67. The van der Waals surface area contributed by atoms with E-state index in [0.717, 1.165) is 25.0 Å². The molecule has 0 bridgehead atoms. The minimum absolute atomic E-state index is 0.0540. The largest absolute Gasteiger partial charge is 0.347 e. The van der Waals surface area contributed by atoms with Crippen LogP contribution < -0.4 is 10.6 Å². The molecule has 2 heterocycles. The first-order valence-electron chi connectivity index (χ1n) is 9.71. The van der Waals surface area contributed by atoms with Gasteiger partial charge in [-0.3, -0.25) is 9.59 Å². The maximum absolute atomic E-state index is 12.9. The molecule has 6 heteroatoms. The molecule has 0 spiro atoms. The normalized spacial score (nSPS) is 13.5. The Morgan fingerprint density at radius 2 is 1.89 bits per heavy atom. The summed E-state index contributed by atoms with van der Waals surface area (Å²) in [5.74, 6) is -0.271. The van der Waals surface area contributed by atoms with E-state index in [2.05, 4.69) is 43.0 Å². The van der Waals surface area contributed by atoms with Crippen LogP contribution in [-0.4, -0.2) is 27.9 Å². The number of imidazole rings is 1. The van der Waals surface area contributed by atoms with Gasteiger partial charge in [-0.25, -0.2) is 4.98 Å². The number of hydrogen-bond donors (Lipinski definition) is 2. The van der Waals surface area contributed by atoms with Gasteiger partial charge in [-0.05, 0) is 42.4 Å². The minimum atomic E-state index is -0.297. The number of benzene rings is 1. The average molecular weight is 380 g/mol. The van der Waals surface area contributed by atoms with Crippen molar-refractivity contribution in [2.24, 2.45) is 0 Å². The van der Waals surface area contributed by atoms with Crippen molar-refractivity contribution >= 4 is 17.5 Å². The minimum Gasteiger partial charge on any atom is -0.347 e. The predicted octanol–water partition coefficient (Wildman–Crippen LogP) is 3.69. The number of carbonyl (C=O) groups is 2. The standard InChI is InChI=1S/C22H28N4O2/c1-5-13-23-20(27)18-17-8-6-7-14-26(17)19(25-18)21(28)24-16-11-9-15(10-12-16)22(2,3)4/h5,9-12H,1,6-8,13-14H2,2-4H3,(H,23,27)(H,24,28). The van der Waals surface area contributed by atoms with E-state index in [1.165, 1.54) is 5.56 Å². The maximum Gasteiger partial charge on any atom is 0.291 e. The van der Waals surface area contributed by atoms with Crippen molar-refractivity contribution in [3.63, 3.8) is 0 Å². The van der Waals surface area contributed by atoms with Crippen molar-refractivity contribution in [1.82, 2.24) is 14.9 Å². The molecule has 1 aromatic heterocycles. The molecule has 0 radical (unpaired) electrons. The summed E-state index contributed by atoms with van der Waals surface area (Å²) in [7, 11) is 0. The number of nitrogens with zero attached hydrogens (tertiary/aromatic N) is 2. The molecule has 2 N–H and O–H groups in total. The lowest BCUT2D eigenvalue weighted by atomic mass is 9.87. The highest BCUT2D eigenvalue weighted by Crippen LogP contribution is 2.25. The van der Waals surface area contributed by atoms with Gasteiger partial charge in [0.1, 0.15) is 5.69 Å². The van der Waals surface area contributed by atoms with Crippen LogP contribution in [0.1, 0.15) is 66.0 Å². The summed E-state index contributed by atoms with van der Waals surface area (Å²) in [4.78, 5) is 29.7. The number of aromatic nitrogens is 2. The molecule has 1 aromatic carbocycles. The third kappa shape index (κ3) is 4.16. The molecule has 6 nitrogen and oxygen atoms in total. The fraction of sp³-hybridized carbons (Fsp3) is 0.409. The lowest BCUT2D eigenvalue weighted by Crippen LogP contribution is -2.25. The maximum atomic E-state index is 12.9. The van der Waals surface area contributed by atoms with Crippen molar-refractivity contribution in [2.75, 3.05) is 11.9 Å². The van der Waals surface area contributed by atoms with Crippen molar-refractivity contribution in [1.29, 1.82) is 0 Å². The van der Waals surface area contributed by atoms with E-state index in [0.29, 0.717) is 30.3 Å². The Labute approximate surface area is 166 Å². The van der Waals surface area contributed by atoms with Crippen molar-refractivity contribution in [3.8, 4) is 0 Å². The van der Waals surface area contributed by atoms with Crippen LogP contribution in [0.15, 0.2) is 36.9 Å². The number of hydrogen-bond acceptors (Lipinski definition) is 3. The van der Waals surface area contributed by atoms with E-state index in [-0.39, 0.29) is 17.2 Å². The summed E-state index contributed by atoms with van der Waals surface area (Å²) in [5.41, 5.74) is 3.14. The molecule has 148 valence electrons. The molecule has 0 saturated heterocycles. The predicted molar refractivity (Wildman–Crippen MR) is 111 cm³/mol. The summed E-state index contributed by atoms with van der Waals surface area (Å²) in [6, 6.07) is 7.84. The van der Waals surface area contributed by atoms with Crippen molar-refractivity contribution in [2.45, 2.75) is 52.0 Å². The highest BCUT2D eigenvalue weighted by atomic mass is 16.2. The topological polar surface area (TPSA) is 76.0 Å². The zero-order valence-corrected chi connectivity index (χ0v) is 16.8. The Morgan fingerprint density at radius 3 is 2.54 bits per heavy atom. The first-order chi connectivity index (χ1) is 13.3. The zero-order valence-electron chi connectivity index (χ0n) is 16.8. The van der Waals surface area contributed by atoms with Gasteiger partial charge in [0.15, 0.2) is 5.82 Å². The molecule has 1 aliphatic rings. The second-order valence-corrected chi connectivity index (χ2v) is 8.12. The van der Waals surface area contributed by atoms with Gasteiger partial charge >= 0.3 is 0 Å². The fourth-order valence-electron chi connectivity index (χ4n) is 3.39. The van der Waals surface area contributed by atoms with E-state index in [4.69, 9.17) is 0 Å². The van der Waals surface area contributed by atoms with E-state index in [1.807, 2.05) is 28.8 Å². The van der Waals surface area contributed by atoms with E-state index < -0.39 is 0 Å². The SMILES string of the molecule is C=CCNC(=O)c1nc(C(=O)Nc2ccc(C(C)(C)C)cc2)n2c1CCCC2. The molecule has 1 aliphatic heterocycles. The number of nitrogens with one attached hydrogen (secondary N) is 2. The van der Waals surface area contributed by atoms with Gasteiger partial charge in [-0.2, -0.15) is 0 Å². The van der Waals surface area contributed by atoms with Gasteiger partial charge in [0, 0.05) is 18.8 Å². The van der Waals surface area contributed by atoms with Crippen LogP contribution in [0.5, 0.6) is 0 Å². The summed E-state index contributed by atoms with van der Waals surface area (Å²) >= 11 is 0. The molecule has 0 saturated carbocycles. The van der Waals surface area contributed by atoms with Crippen LogP contribution in [0.3, 0.4) is 0 Å². The quantitative estimate of drug-likeness (QED) is 0.777. The molecule has 28 heavy (non-hydrogen) atoms. The van der Waals surface area contributed by atoms with Crippen molar-refractivity contribution in [3.05, 3.63) is 59.7 Å². The first-order valence-corrected chi connectivity index (χ1v) is 9.71. The Morgan fingerprint density at radius 1 is 1.18 bits per heavy atom. The Kier molecular flexibility index (Phi) is 5.68. The van der Waals surface area contributed by atoms with Gasteiger partial charge < -0.3 is 15.2 Å². The van der Waals surface area contributed by atoms with Gasteiger partial charge in [0.05, 0.1) is 5.69 Å². The van der Waals surface area contributed by atoms with Crippen molar-refractivity contribution < 1.29 is 9.59 Å². The molecular formula is C22H28N4O2. The number of anilines is 1. The molecule has 0 unspecified atom stereocenters. The molecule has 0 atom stereocenters. The lowest BCUT2D eigenvalue weighted by Gasteiger charge is -2.19. The third-order valence-electron chi connectivity index (χ3n) is 4.95. The zero-order chi connectivity index (χ0) is 20.3. The number of carbonyl (C=O) groups excluding carboxylic acids is 2. The van der Waals surface area contributed by atoms with Crippen LogP contribution in [0.25, 0.3) is 0 Å². The molecular weight excluding hydrogens is 352 g/mol. The van der Waals surface area contributed by atoms with Gasteiger partial charge in [0.2, 0.25) is 0 Å². The van der Waals surface area contributed by atoms with Crippen LogP contribution in [0.2, 0.25) is 0 Å². The smallest absolute Gasteiger partial charge is 0.291 e. The van der Waals surface area contributed by atoms with Gasteiger partial charge in [-0.1, -0.05) is 39.0 Å². The summed E-state index contributed by atoms with van der Waals surface area (Å²) < 4.78 is 1.88. The van der Waals surface area contributed by atoms with Crippen LogP contribution in [0, 0.1) is 0 Å². The lowest BCUT2D eigenvalue weighted by molar-refractivity contribution is 0.0952. The molecule has 2 amide bonds. The number of fused-ring (bicyclic) bond motifs is 1. The van der Waals surface area contributed by atoms with Crippen LogP contribution in [-0.2, 0) is 18.4 Å². The van der Waals surface area contributed by atoms with Gasteiger partial charge in [-0.15, -0.1) is 6.58 Å². The second kappa shape index (κ2) is 8.00. The Hall–Kier alpha value is -2.89. The van der Waals surface area contributed by atoms with Crippen LogP contribution >= 0.6 is 0 Å². The van der Waals surface area contributed by atoms with E-state index >= 15 is 0 Å². The highest BCUT2D eigenvalue weighted by molar-refractivity contribution is 6.03. The Balaban J connectivity index is 1.84. The molecule has 3 rings (SSSR count). The Bertz CT molecular complexity index is 888. The first kappa shape index (κ1) is 19.9.